The van der Waals surface area contributed by atoms with Crippen molar-refractivity contribution in [3.8, 4) is 11.1 Å². The number of anilines is 2. The molecule has 0 atom stereocenters. The predicted octanol–water partition coefficient (Wildman–Crippen LogP) is 4.03. The van der Waals surface area contributed by atoms with Crippen molar-refractivity contribution in [2.75, 3.05) is 36.0 Å². The third-order valence-electron chi connectivity index (χ3n) is 5.39. The largest absolute Gasteiger partial charge is 0.368 e. The Morgan fingerprint density at radius 2 is 1.43 bits per heavy atom. The van der Waals surface area contributed by atoms with E-state index in [0.717, 1.165) is 54.5 Å². The van der Waals surface area contributed by atoms with Crippen molar-refractivity contribution >= 4 is 17.2 Å². The summed E-state index contributed by atoms with van der Waals surface area (Å²) in [6.45, 7) is 5.99. The van der Waals surface area contributed by atoms with Crippen LogP contribution in [0.2, 0.25) is 0 Å². The number of para-hydroxylation sites is 1. The van der Waals surface area contributed by atoms with Crippen LogP contribution in [0.3, 0.4) is 0 Å². The summed E-state index contributed by atoms with van der Waals surface area (Å²) in [4.78, 5) is 9.66. The van der Waals surface area contributed by atoms with Crippen molar-refractivity contribution in [2.24, 2.45) is 0 Å². The van der Waals surface area contributed by atoms with E-state index in [-0.39, 0.29) is 0 Å². The molecule has 1 aliphatic rings. The maximum atomic E-state index is 4.79. The van der Waals surface area contributed by atoms with Gasteiger partial charge >= 0.3 is 0 Å². The molecular formula is C23H23N5. The van der Waals surface area contributed by atoms with Gasteiger partial charge in [0, 0.05) is 49.2 Å². The highest BCUT2D eigenvalue weighted by molar-refractivity contribution is 5.78. The lowest BCUT2D eigenvalue weighted by Crippen LogP contribution is -2.47. The minimum absolute atomic E-state index is 0.923. The molecule has 1 aliphatic heterocycles. The molecule has 0 aliphatic carbocycles. The summed E-state index contributed by atoms with van der Waals surface area (Å²) in [5.74, 6) is 1.12. The van der Waals surface area contributed by atoms with Crippen molar-refractivity contribution < 1.29 is 0 Å². The zero-order valence-electron chi connectivity index (χ0n) is 16.0. The predicted molar refractivity (Wildman–Crippen MR) is 114 cm³/mol. The molecule has 0 amide bonds. The quantitative estimate of drug-likeness (QED) is 0.546. The van der Waals surface area contributed by atoms with Gasteiger partial charge in [-0.15, -0.1) is 0 Å². The van der Waals surface area contributed by atoms with Crippen molar-refractivity contribution in [2.45, 2.75) is 6.92 Å². The van der Waals surface area contributed by atoms with E-state index in [9.17, 15) is 0 Å². The summed E-state index contributed by atoms with van der Waals surface area (Å²) < 4.78 is 1.99. The van der Waals surface area contributed by atoms with Crippen molar-refractivity contribution in [3.63, 3.8) is 0 Å². The molecule has 4 aromatic rings. The second kappa shape index (κ2) is 7.00. The van der Waals surface area contributed by atoms with Gasteiger partial charge in [-0.2, -0.15) is 9.61 Å². The molecule has 0 unspecified atom stereocenters. The second-order valence-corrected chi connectivity index (χ2v) is 7.23. The summed E-state index contributed by atoms with van der Waals surface area (Å²) in [6.07, 6.45) is 1.93. The minimum atomic E-state index is 0.923. The van der Waals surface area contributed by atoms with Crippen LogP contribution in [0.4, 0.5) is 11.5 Å². The number of piperazine rings is 1. The SMILES string of the molecule is Cc1cc(N2CCN(c3ccccc3)CC2)n2ncc(-c3ccccc3)c2n1. The van der Waals surface area contributed by atoms with Crippen LogP contribution in [0, 0.1) is 6.92 Å². The van der Waals surface area contributed by atoms with Crippen LogP contribution >= 0.6 is 0 Å². The summed E-state index contributed by atoms with van der Waals surface area (Å²) >= 11 is 0. The number of aromatic nitrogens is 3. The standard InChI is InChI=1S/C23H23N5/c1-18-16-22(27-14-12-26(13-15-27)20-10-6-3-7-11-20)28-23(25-18)21(17-24-28)19-8-4-2-5-9-19/h2-11,16-17H,12-15H2,1H3. The van der Waals surface area contributed by atoms with Crippen molar-refractivity contribution in [3.05, 3.63) is 78.6 Å². The zero-order chi connectivity index (χ0) is 18.9. The fourth-order valence-corrected chi connectivity index (χ4v) is 3.94. The fourth-order valence-electron chi connectivity index (χ4n) is 3.94. The van der Waals surface area contributed by atoms with Gasteiger partial charge in [0.05, 0.1) is 6.20 Å². The zero-order valence-corrected chi connectivity index (χ0v) is 16.0. The van der Waals surface area contributed by atoms with Gasteiger partial charge in [-0.3, -0.25) is 0 Å². The molecule has 0 bridgehead atoms. The van der Waals surface area contributed by atoms with Crippen LogP contribution < -0.4 is 9.80 Å². The third-order valence-corrected chi connectivity index (χ3v) is 5.39. The molecular weight excluding hydrogens is 346 g/mol. The lowest BCUT2D eigenvalue weighted by Gasteiger charge is -2.37. The first-order valence-electron chi connectivity index (χ1n) is 9.75. The fraction of sp³-hybridized carbons (Fsp3) is 0.217. The molecule has 0 saturated carbocycles. The van der Waals surface area contributed by atoms with Gasteiger partial charge in [0.2, 0.25) is 0 Å². The monoisotopic (exact) mass is 369 g/mol. The number of benzene rings is 2. The molecule has 28 heavy (non-hydrogen) atoms. The normalized spacial score (nSPS) is 14.6. The van der Waals surface area contributed by atoms with E-state index in [1.807, 2.05) is 16.8 Å². The van der Waals surface area contributed by atoms with Crippen molar-refractivity contribution in [1.29, 1.82) is 0 Å². The summed E-state index contributed by atoms with van der Waals surface area (Å²) in [6, 6.07) is 23.2. The van der Waals surface area contributed by atoms with E-state index >= 15 is 0 Å². The molecule has 3 heterocycles. The Labute approximate surface area is 164 Å². The summed E-state index contributed by atoms with van der Waals surface area (Å²) in [5.41, 5.74) is 5.46. The lowest BCUT2D eigenvalue weighted by molar-refractivity contribution is 0.638. The van der Waals surface area contributed by atoms with Gasteiger partial charge in [0.1, 0.15) is 5.82 Å². The highest BCUT2D eigenvalue weighted by Gasteiger charge is 2.21. The molecule has 0 N–H and O–H groups in total. The van der Waals surface area contributed by atoms with Gasteiger partial charge in [-0.25, -0.2) is 4.98 Å². The number of fused-ring (bicyclic) bond motifs is 1. The number of nitrogens with zero attached hydrogens (tertiary/aromatic N) is 5. The van der Waals surface area contributed by atoms with Gasteiger partial charge in [-0.1, -0.05) is 48.5 Å². The van der Waals surface area contributed by atoms with E-state index in [2.05, 4.69) is 82.5 Å². The molecule has 2 aromatic carbocycles. The third kappa shape index (κ3) is 2.99. The smallest absolute Gasteiger partial charge is 0.165 e. The Morgan fingerprint density at radius 3 is 2.14 bits per heavy atom. The molecule has 0 radical (unpaired) electrons. The van der Waals surface area contributed by atoms with E-state index in [1.165, 1.54) is 5.69 Å². The summed E-state index contributed by atoms with van der Waals surface area (Å²) in [7, 11) is 0. The first kappa shape index (κ1) is 16.8. The molecule has 0 spiro atoms. The van der Waals surface area contributed by atoms with Crippen LogP contribution in [-0.2, 0) is 0 Å². The van der Waals surface area contributed by atoms with E-state index in [1.54, 1.807) is 0 Å². The van der Waals surface area contributed by atoms with Gasteiger partial charge in [0.25, 0.3) is 0 Å². The molecule has 5 heteroatoms. The van der Waals surface area contributed by atoms with Crippen molar-refractivity contribution in [1.82, 2.24) is 14.6 Å². The van der Waals surface area contributed by atoms with Crippen LogP contribution in [0.1, 0.15) is 5.69 Å². The van der Waals surface area contributed by atoms with Gasteiger partial charge in [-0.05, 0) is 24.6 Å². The Balaban J connectivity index is 1.46. The average molecular weight is 369 g/mol. The molecule has 2 aromatic heterocycles. The van der Waals surface area contributed by atoms with E-state index in [0.29, 0.717) is 0 Å². The molecule has 1 saturated heterocycles. The Morgan fingerprint density at radius 1 is 0.786 bits per heavy atom. The van der Waals surface area contributed by atoms with Crippen LogP contribution in [0.15, 0.2) is 72.9 Å². The molecule has 5 rings (SSSR count). The number of rotatable bonds is 3. The first-order valence-corrected chi connectivity index (χ1v) is 9.75. The maximum absolute atomic E-state index is 4.79. The topological polar surface area (TPSA) is 36.7 Å². The van der Waals surface area contributed by atoms with E-state index in [4.69, 9.17) is 4.98 Å². The number of aryl methyl sites for hydroxylation is 1. The molecule has 140 valence electrons. The van der Waals surface area contributed by atoms with Crippen LogP contribution in [-0.4, -0.2) is 40.8 Å². The highest BCUT2D eigenvalue weighted by atomic mass is 15.4. The lowest BCUT2D eigenvalue weighted by atomic mass is 10.1. The van der Waals surface area contributed by atoms with Crippen LogP contribution in [0.5, 0.6) is 0 Å². The number of hydrogen-bond donors (Lipinski definition) is 0. The van der Waals surface area contributed by atoms with Crippen LogP contribution in [0.25, 0.3) is 16.8 Å². The Kier molecular flexibility index (Phi) is 4.20. The van der Waals surface area contributed by atoms with Gasteiger partial charge in [0.15, 0.2) is 5.65 Å². The summed E-state index contributed by atoms with van der Waals surface area (Å²) in [5, 5.41) is 4.69. The molecule has 1 fully saturated rings. The average Bonchev–Trinajstić information content (AvgIpc) is 3.18. The maximum Gasteiger partial charge on any atom is 0.165 e. The van der Waals surface area contributed by atoms with Gasteiger partial charge < -0.3 is 9.80 Å². The first-order chi connectivity index (χ1) is 13.8. The minimum Gasteiger partial charge on any atom is -0.368 e. The second-order valence-electron chi connectivity index (χ2n) is 7.23. The Bertz CT molecular complexity index is 1080. The Hall–Kier alpha value is -3.34. The highest BCUT2D eigenvalue weighted by Crippen LogP contribution is 2.28. The molecule has 5 nitrogen and oxygen atoms in total. The number of hydrogen-bond acceptors (Lipinski definition) is 4. The van der Waals surface area contributed by atoms with E-state index < -0.39 is 0 Å².